The first-order valence-corrected chi connectivity index (χ1v) is 54.6. The fourth-order valence-corrected chi connectivity index (χ4v) is 20.1. The quantitative estimate of drug-likeness (QED) is 0.0236. The normalized spacial score (nSPS) is 32.1. The monoisotopic (exact) mass is 1850 g/mol. The summed E-state index contributed by atoms with van der Waals surface area (Å²) in [6.45, 7) is 12.6. The van der Waals surface area contributed by atoms with Crippen molar-refractivity contribution in [3.63, 3.8) is 0 Å². The van der Waals surface area contributed by atoms with E-state index >= 15 is 0 Å². The van der Waals surface area contributed by atoms with E-state index < -0.39 is 12.2 Å². The van der Waals surface area contributed by atoms with Crippen molar-refractivity contribution in [1.82, 2.24) is 0 Å². The van der Waals surface area contributed by atoms with Gasteiger partial charge in [0.1, 0.15) is 26.4 Å². The molecule has 28 unspecified atom stereocenters. The highest BCUT2D eigenvalue weighted by Gasteiger charge is 2.55. The van der Waals surface area contributed by atoms with Crippen LogP contribution in [0.15, 0.2) is 0 Å². The van der Waals surface area contributed by atoms with Gasteiger partial charge in [0.25, 0.3) is 0 Å². The van der Waals surface area contributed by atoms with Gasteiger partial charge in [0.05, 0.1) is 159 Å². The molecule has 0 N–H and O–H groups in total. The molecule has 13 saturated heterocycles. The minimum atomic E-state index is -0.835. The summed E-state index contributed by atoms with van der Waals surface area (Å²) < 4.78 is 109. The Balaban J connectivity index is 0.000000237. The maximum atomic E-state index is 12.9. The molecular formula is C106H178O25. The third-order valence-corrected chi connectivity index (χ3v) is 29.7. The molecule has 0 saturated carbocycles. The average Bonchev–Trinajstić information content (AvgIpc) is 1.63. The summed E-state index contributed by atoms with van der Waals surface area (Å²) in [5, 5.41) is 0. The van der Waals surface area contributed by atoms with Crippen molar-refractivity contribution in [3.8, 4) is 0 Å². The van der Waals surface area contributed by atoms with Crippen molar-refractivity contribution in [2.45, 2.75) is 611 Å². The molecule has 0 aromatic carbocycles. The van der Waals surface area contributed by atoms with E-state index in [1.165, 1.54) is 128 Å². The topological polar surface area (TPSA) is 321 Å². The van der Waals surface area contributed by atoms with Crippen molar-refractivity contribution >= 4 is 35.8 Å². The van der Waals surface area contributed by atoms with Crippen LogP contribution >= 0.6 is 0 Å². The van der Waals surface area contributed by atoms with E-state index in [2.05, 4.69) is 41.5 Å². The van der Waals surface area contributed by atoms with Gasteiger partial charge in [0.15, 0.2) is 12.2 Å². The van der Waals surface area contributed by atoms with Crippen LogP contribution in [0.25, 0.3) is 0 Å². The number of rotatable bonds is 85. The minimum Gasteiger partial charge on any atom is -0.462 e. The zero-order valence-electron chi connectivity index (χ0n) is 82.0. The summed E-state index contributed by atoms with van der Waals surface area (Å²) in [4.78, 5) is 76.6. The number of epoxide rings is 13. The Morgan fingerprint density at radius 3 is 0.595 bits per heavy atom. The van der Waals surface area contributed by atoms with Gasteiger partial charge in [0, 0.05) is 83.5 Å². The van der Waals surface area contributed by atoms with Crippen molar-refractivity contribution < 1.29 is 119 Å². The van der Waals surface area contributed by atoms with Crippen LogP contribution in [0.3, 0.4) is 0 Å². The van der Waals surface area contributed by atoms with Gasteiger partial charge < -0.3 is 90.0 Å². The van der Waals surface area contributed by atoms with Crippen LogP contribution in [-0.4, -0.2) is 233 Å². The zero-order valence-corrected chi connectivity index (χ0v) is 82.0. The van der Waals surface area contributed by atoms with Crippen LogP contribution in [0.4, 0.5) is 0 Å². The van der Waals surface area contributed by atoms with Gasteiger partial charge in [-0.05, 0) is 117 Å². The van der Waals surface area contributed by atoms with Crippen LogP contribution in [0.2, 0.25) is 0 Å². The molecule has 13 fully saturated rings. The van der Waals surface area contributed by atoms with Gasteiger partial charge in [-0.1, -0.05) is 240 Å². The fourth-order valence-electron chi connectivity index (χ4n) is 20.1. The van der Waals surface area contributed by atoms with Gasteiger partial charge in [-0.15, -0.1) is 0 Å². The summed E-state index contributed by atoms with van der Waals surface area (Å²) in [5.74, 6) is -2.02. The van der Waals surface area contributed by atoms with Crippen LogP contribution in [0, 0.1) is 0 Å². The minimum absolute atomic E-state index is 0.119. The molecule has 25 nitrogen and oxygen atoms in total. The largest absolute Gasteiger partial charge is 0.462 e. The summed E-state index contributed by atoms with van der Waals surface area (Å²) in [5.41, 5.74) is 0. The molecule has 752 valence electrons. The molecule has 0 aromatic heterocycles. The predicted molar refractivity (Wildman–Crippen MR) is 496 cm³/mol. The summed E-state index contributed by atoms with van der Waals surface area (Å²) in [6, 6.07) is 0. The Morgan fingerprint density at radius 1 is 0.191 bits per heavy atom. The SMILES string of the molecule is CCCCCCCCC1OC1CCCCCCCC(=O)OCC(COC(=O)CCCCCCCC1OC1CC1OC1CC1OC1CC)OC(=O)CCCCC1OC1CC1OC1CC1OC1C.CCCCCCCCC1OC1CCCCCCCC(=O)OCC(COC(=O)CCCCCCCC1OC1CC1OC1CCCCC)OC(=O)CCCCC1OC1CC1OC1CC1OC1C. The second-order valence-electron chi connectivity index (χ2n) is 41.4. The van der Waals surface area contributed by atoms with Crippen molar-refractivity contribution in [3.05, 3.63) is 0 Å². The Labute approximate surface area is 787 Å². The van der Waals surface area contributed by atoms with Gasteiger partial charge >= 0.3 is 35.8 Å². The first kappa shape index (κ1) is 106. The lowest BCUT2D eigenvalue weighted by Crippen LogP contribution is -2.30. The summed E-state index contributed by atoms with van der Waals surface area (Å²) >= 11 is 0. The molecule has 0 aliphatic carbocycles. The first-order valence-electron chi connectivity index (χ1n) is 54.6. The number of carbonyl (C=O) groups excluding carboxylic acids is 6. The van der Waals surface area contributed by atoms with Crippen molar-refractivity contribution in [2.24, 2.45) is 0 Å². The van der Waals surface area contributed by atoms with Crippen LogP contribution < -0.4 is 0 Å². The highest BCUT2D eigenvalue weighted by Crippen LogP contribution is 2.46. The summed E-state index contributed by atoms with van der Waals surface area (Å²) in [7, 11) is 0. The second kappa shape index (κ2) is 59.0. The number of hydrogen-bond donors (Lipinski definition) is 0. The van der Waals surface area contributed by atoms with Crippen molar-refractivity contribution in [1.29, 1.82) is 0 Å². The molecule has 0 aromatic rings. The maximum absolute atomic E-state index is 12.9. The molecule has 13 aliphatic heterocycles. The molecule has 28 atom stereocenters. The maximum Gasteiger partial charge on any atom is 0.306 e. The Morgan fingerprint density at radius 2 is 0.351 bits per heavy atom. The van der Waals surface area contributed by atoms with Crippen LogP contribution in [0.1, 0.15) is 440 Å². The molecule has 0 radical (unpaired) electrons. The molecule has 131 heavy (non-hydrogen) atoms. The Bertz CT molecular complexity index is 3220. The van der Waals surface area contributed by atoms with Gasteiger partial charge in [0.2, 0.25) is 0 Å². The standard InChI is InChI=1S/C53H88O13.C53H90O12/c1-4-6-7-8-11-16-23-39-40(62-39)24-17-12-9-14-19-27-51(54)57-34-37(60-53(56)29-22-21-26-42-46(64-42)32-49-47(65-49)30-43-36(3)59-43)35-58-52(55)28-20-15-10-13-18-25-41-45(63-41)33-50-48(66-50)31-44-38(5-2)61-44;1-4-6-8-9-12-18-26-40-41(61-40)27-19-13-10-15-21-30-51(54)57-36-39(60-53(56)32-24-23-29-44-48(64-44)35-50-49(65-50)33-45-38(3)59-45)37-58-52(55)31-22-16-11-14-20-28-43-47(63-43)34-46-42(62-46)25-17-7-5-2/h36-50H,4-35H2,1-3H3;38-50H,4-37H2,1-3H3. The number of esters is 6. The van der Waals surface area contributed by atoms with Crippen LogP contribution in [0.5, 0.6) is 0 Å². The smallest absolute Gasteiger partial charge is 0.306 e. The van der Waals surface area contributed by atoms with E-state index in [-0.39, 0.29) is 112 Å². The summed E-state index contributed by atoms with van der Waals surface area (Å²) in [6.07, 6.45) is 70.5. The predicted octanol–water partition coefficient (Wildman–Crippen LogP) is 21.3. The molecule has 0 amide bonds. The number of unbranched alkanes of at least 4 members (excludes halogenated alkanes) is 30. The molecule has 13 heterocycles. The van der Waals surface area contributed by atoms with Gasteiger partial charge in [-0.25, -0.2) is 0 Å². The number of hydrogen-bond acceptors (Lipinski definition) is 25. The van der Waals surface area contributed by atoms with Crippen LogP contribution in [-0.2, 0) is 119 Å². The van der Waals surface area contributed by atoms with Crippen molar-refractivity contribution in [2.75, 3.05) is 26.4 Å². The Hall–Kier alpha value is -3.70. The first-order chi connectivity index (χ1) is 64.0. The molecule has 0 bridgehead atoms. The number of ether oxygens (including phenoxy) is 19. The van der Waals surface area contributed by atoms with E-state index in [9.17, 15) is 28.8 Å². The van der Waals surface area contributed by atoms with E-state index in [1.54, 1.807) is 0 Å². The van der Waals surface area contributed by atoms with E-state index in [0.29, 0.717) is 161 Å². The number of carbonyl (C=O) groups is 6. The molecule has 25 heteroatoms. The highest BCUT2D eigenvalue weighted by molar-refractivity contribution is 5.72. The molecule has 13 rings (SSSR count). The lowest BCUT2D eigenvalue weighted by atomic mass is 10.0. The third kappa shape index (κ3) is 45.4. The van der Waals surface area contributed by atoms with Gasteiger partial charge in [-0.2, -0.15) is 0 Å². The van der Waals surface area contributed by atoms with E-state index in [4.69, 9.17) is 90.0 Å². The van der Waals surface area contributed by atoms with E-state index in [1.807, 2.05) is 0 Å². The average molecular weight is 1850 g/mol. The van der Waals surface area contributed by atoms with E-state index in [0.717, 1.165) is 218 Å². The Kier molecular flexibility index (Phi) is 47.8. The third-order valence-electron chi connectivity index (χ3n) is 29.7. The molecule has 0 spiro atoms. The zero-order chi connectivity index (χ0) is 91.7. The highest BCUT2D eigenvalue weighted by atomic mass is 16.7. The second-order valence-corrected chi connectivity index (χ2v) is 41.4. The lowest BCUT2D eigenvalue weighted by Gasteiger charge is -2.18. The molecule has 13 aliphatic rings. The molecular weight excluding hydrogens is 1670 g/mol. The fraction of sp³-hybridized carbons (Fsp3) is 0.943. The lowest BCUT2D eigenvalue weighted by molar-refractivity contribution is -0.167. The van der Waals surface area contributed by atoms with Gasteiger partial charge in [-0.3, -0.25) is 28.8 Å².